The summed E-state index contributed by atoms with van der Waals surface area (Å²) in [5.41, 5.74) is 3.04. The van der Waals surface area contributed by atoms with Crippen molar-refractivity contribution in [2.45, 2.75) is 19.3 Å². The average molecular weight is 350 g/mol. The molecule has 0 radical (unpaired) electrons. The highest BCUT2D eigenvalue weighted by molar-refractivity contribution is 5.79. The molecule has 0 aliphatic carbocycles. The molecule has 0 spiro atoms. The highest BCUT2D eigenvalue weighted by atomic mass is 16.5. The Balaban J connectivity index is 1.89. The summed E-state index contributed by atoms with van der Waals surface area (Å²) >= 11 is 0. The van der Waals surface area contributed by atoms with Gasteiger partial charge in [-0.15, -0.1) is 0 Å². The van der Waals surface area contributed by atoms with Gasteiger partial charge in [-0.05, 0) is 18.6 Å². The van der Waals surface area contributed by atoms with Crippen LogP contribution in [-0.4, -0.2) is 57.1 Å². The molecule has 0 bridgehead atoms. The summed E-state index contributed by atoms with van der Waals surface area (Å²) in [4.78, 5) is 27.4. The number of nitrogens with zero attached hydrogens (tertiary/aromatic N) is 2. The van der Waals surface area contributed by atoms with Gasteiger partial charge >= 0.3 is 0 Å². The summed E-state index contributed by atoms with van der Waals surface area (Å²) in [6.45, 7) is 2.72. The Morgan fingerprint density at radius 3 is 2.44 bits per heavy atom. The smallest absolute Gasteiger partial charge is 0.233 e. The van der Waals surface area contributed by atoms with E-state index in [2.05, 4.69) is 10.3 Å². The van der Waals surface area contributed by atoms with Crippen molar-refractivity contribution in [1.82, 2.24) is 10.3 Å². The monoisotopic (exact) mass is 350 g/mol. The maximum absolute atomic E-state index is 12.2. The Kier molecular flexibility index (Phi) is 6.88. The minimum absolute atomic E-state index is 0.0714. The number of carbonyl (C=O) groups excluding carboxylic acids is 2. The molecule has 0 atom stereocenters. The van der Waals surface area contributed by atoms with Crippen molar-refractivity contribution in [1.29, 1.82) is 0 Å². The highest BCUT2D eigenvalue weighted by Gasteiger charge is 2.23. The predicted molar refractivity (Wildman–Crippen MR) is 94.5 cm³/mol. The van der Waals surface area contributed by atoms with E-state index >= 15 is 0 Å². The molecule has 0 saturated carbocycles. The van der Waals surface area contributed by atoms with E-state index in [1.165, 1.54) is 0 Å². The number of rotatable bonds is 7. The molecular formula is C17H26N4O4. The van der Waals surface area contributed by atoms with E-state index < -0.39 is 0 Å². The van der Waals surface area contributed by atoms with Crippen LogP contribution in [0.2, 0.25) is 0 Å². The molecule has 2 rings (SSSR count). The molecule has 8 nitrogen and oxygen atoms in total. The molecule has 1 fully saturated rings. The van der Waals surface area contributed by atoms with Crippen LogP contribution in [0, 0.1) is 0 Å². The molecule has 2 amide bonds. The number of anilines is 1. The van der Waals surface area contributed by atoms with Crippen LogP contribution in [0.5, 0.6) is 11.5 Å². The molecular weight excluding hydrogens is 324 g/mol. The lowest BCUT2D eigenvalue weighted by atomic mass is 10.2. The maximum Gasteiger partial charge on any atom is 0.233 e. The van der Waals surface area contributed by atoms with Gasteiger partial charge < -0.3 is 19.3 Å². The highest BCUT2D eigenvalue weighted by Crippen LogP contribution is 2.32. The Bertz CT molecular complexity index is 600. The van der Waals surface area contributed by atoms with Gasteiger partial charge in [0.15, 0.2) is 0 Å². The number of nitrogens with two attached hydrogens (primary N) is 1. The fourth-order valence-electron chi connectivity index (χ4n) is 2.87. The van der Waals surface area contributed by atoms with Crippen molar-refractivity contribution in [3.8, 4) is 11.5 Å². The number of hydrazine groups is 1. The fourth-order valence-corrected chi connectivity index (χ4v) is 2.87. The first-order valence-electron chi connectivity index (χ1n) is 8.33. The molecule has 0 aromatic heterocycles. The second kappa shape index (κ2) is 9.12. The summed E-state index contributed by atoms with van der Waals surface area (Å²) in [5, 5.41) is 0. The van der Waals surface area contributed by atoms with E-state index in [1.54, 1.807) is 14.2 Å². The molecule has 1 aromatic carbocycles. The van der Waals surface area contributed by atoms with E-state index in [-0.39, 0.29) is 18.2 Å². The molecule has 25 heavy (non-hydrogen) atoms. The van der Waals surface area contributed by atoms with Gasteiger partial charge in [0.05, 0.1) is 19.9 Å². The zero-order valence-corrected chi connectivity index (χ0v) is 14.8. The first kappa shape index (κ1) is 18.9. The lowest BCUT2D eigenvalue weighted by Gasteiger charge is -2.36. The second-order valence-electron chi connectivity index (χ2n) is 5.83. The van der Waals surface area contributed by atoms with Crippen LogP contribution in [0.25, 0.3) is 0 Å². The molecule has 1 heterocycles. The zero-order chi connectivity index (χ0) is 18.2. The number of hydrogen-bond donors (Lipinski definition) is 2. The van der Waals surface area contributed by atoms with Gasteiger partial charge in [-0.25, -0.2) is 5.84 Å². The standard InChI is InChI=1S/C17H26N4O4/c1-24-13-6-7-15(25-2)14(12-13)20-8-10-21(11-9-20)17(23)5-3-4-16(22)19-18/h6-7,12H,3-5,8-11,18H2,1-2H3,(H,19,22). The summed E-state index contributed by atoms with van der Waals surface area (Å²) in [6.07, 6.45) is 1.13. The lowest BCUT2D eigenvalue weighted by Crippen LogP contribution is -2.48. The SMILES string of the molecule is COc1ccc(OC)c(N2CCN(C(=O)CCCC(=O)NN)CC2)c1. The van der Waals surface area contributed by atoms with Crippen LogP contribution < -0.4 is 25.6 Å². The normalized spacial score (nSPS) is 14.2. The maximum atomic E-state index is 12.2. The van der Waals surface area contributed by atoms with E-state index in [1.807, 2.05) is 23.1 Å². The van der Waals surface area contributed by atoms with Crippen molar-refractivity contribution in [3.05, 3.63) is 18.2 Å². The van der Waals surface area contributed by atoms with Crippen LogP contribution in [0.1, 0.15) is 19.3 Å². The third-order valence-electron chi connectivity index (χ3n) is 4.31. The Morgan fingerprint density at radius 1 is 1.12 bits per heavy atom. The van der Waals surface area contributed by atoms with Gasteiger partial charge in [0, 0.05) is 45.1 Å². The fraction of sp³-hybridized carbons (Fsp3) is 0.529. The van der Waals surface area contributed by atoms with E-state index in [9.17, 15) is 9.59 Å². The van der Waals surface area contributed by atoms with Crippen molar-refractivity contribution >= 4 is 17.5 Å². The molecule has 8 heteroatoms. The molecule has 1 aliphatic heterocycles. The van der Waals surface area contributed by atoms with Crippen LogP contribution in [0.3, 0.4) is 0 Å². The van der Waals surface area contributed by atoms with Crippen LogP contribution >= 0.6 is 0 Å². The first-order valence-corrected chi connectivity index (χ1v) is 8.33. The number of nitrogens with one attached hydrogen (secondary N) is 1. The largest absolute Gasteiger partial charge is 0.497 e. The van der Waals surface area contributed by atoms with E-state index in [0.717, 1.165) is 30.3 Å². The van der Waals surface area contributed by atoms with Gasteiger partial charge in [-0.2, -0.15) is 0 Å². The average Bonchev–Trinajstić information content (AvgIpc) is 2.67. The lowest BCUT2D eigenvalue weighted by molar-refractivity contribution is -0.131. The molecule has 1 aromatic rings. The van der Waals surface area contributed by atoms with Crippen LogP contribution in [0.4, 0.5) is 5.69 Å². The Hall–Kier alpha value is -2.48. The summed E-state index contributed by atoms with van der Waals surface area (Å²) < 4.78 is 10.7. The van der Waals surface area contributed by atoms with Crippen LogP contribution in [0.15, 0.2) is 18.2 Å². The van der Waals surface area contributed by atoms with Crippen molar-refractivity contribution in [2.75, 3.05) is 45.3 Å². The quantitative estimate of drug-likeness (QED) is 0.423. The van der Waals surface area contributed by atoms with Gasteiger partial charge in [-0.1, -0.05) is 0 Å². The number of benzene rings is 1. The number of piperazine rings is 1. The van der Waals surface area contributed by atoms with E-state index in [4.69, 9.17) is 15.3 Å². The third-order valence-corrected chi connectivity index (χ3v) is 4.31. The summed E-state index contributed by atoms with van der Waals surface area (Å²) in [6, 6.07) is 5.69. The van der Waals surface area contributed by atoms with Crippen molar-refractivity contribution in [2.24, 2.45) is 5.84 Å². The topological polar surface area (TPSA) is 97.1 Å². The zero-order valence-electron chi connectivity index (χ0n) is 14.8. The first-order chi connectivity index (χ1) is 12.1. The molecule has 0 unspecified atom stereocenters. The predicted octanol–water partition coefficient (Wildman–Crippen LogP) is 0.513. The number of amides is 2. The van der Waals surface area contributed by atoms with E-state index in [0.29, 0.717) is 25.9 Å². The van der Waals surface area contributed by atoms with Gasteiger partial charge in [0.1, 0.15) is 11.5 Å². The number of methoxy groups -OCH3 is 2. The number of ether oxygens (including phenoxy) is 2. The minimum Gasteiger partial charge on any atom is -0.497 e. The van der Waals surface area contributed by atoms with Gasteiger partial charge in [0.2, 0.25) is 11.8 Å². The number of hydrogen-bond acceptors (Lipinski definition) is 6. The Morgan fingerprint density at radius 2 is 1.84 bits per heavy atom. The van der Waals surface area contributed by atoms with Gasteiger partial charge in [0.25, 0.3) is 0 Å². The minimum atomic E-state index is -0.247. The number of carbonyl (C=O) groups is 2. The Labute approximate surface area is 147 Å². The van der Waals surface area contributed by atoms with Gasteiger partial charge in [-0.3, -0.25) is 15.0 Å². The molecule has 1 aliphatic rings. The van der Waals surface area contributed by atoms with Crippen LogP contribution in [-0.2, 0) is 9.59 Å². The molecule has 3 N–H and O–H groups in total. The third kappa shape index (κ3) is 4.99. The second-order valence-corrected chi connectivity index (χ2v) is 5.83. The summed E-state index contributed by atoms with van der Waals surface area (Å²) in [5.74, 6) is 6.41. The van der Waals surface area contributed by atoms with Crippen molar-refractivity contribution in [3.63, 3.8) is 0 Å². The summed E-state index contributed by atoms with van der Waals surface area (Å²) in [7, 11) is 3.27. The molecule has 138 valence electrons. The van der Waals surface area contributed by atoms with Crippen molar-refractivity contribution < 1.29 is 19.1 Å². The molecule has 1 saturated heterocycles.